The van der Waals surface area contributed by atoms with Gasteiger partial charge in [-0.2, -0.15) is 0 Å². The number of carbonyl (C=O) groups excluding carboxylic acids is 1. The summed E-state index contributed by atoms with van der Waals surface area (Å²) in [4.78, 5) is 18.9. The Morgan fingerprint density at radius 3 is 2.71 bits per heavy atom. The lowest BCUT2D eigenvalue weighted by Crippen LogP contribution is -2.37. The molecule has 1 aliphatic rings. The SMILES string of the molecule is COc1cc2c(cc1OC)CN(C(=O)CSc1nc3ccc(Cl)cc3o1)CC2. The molecule has 6 nitrogen and oxygen atoms in total. The van der Waals surface area contributed by atoms with E-state index in [4.69, 9.17) is 25.5 Å². The number of hydrogen-bond donors (Lipinski definition) is 0. The van der Waals surface area contributed by atoms with Gasteiger partial charge >= 0.3 is 0 Å². The van der Waals surface area contributed by atoms with Crippen LogP contribution >= 0.6 is 23.4 Å². The molecule has 0 saturated heterocycles. The minimum absolute atomic E-state index is 0.0470. The third-order valence-electron chi connectivity index (χ3n) is 4.72. The molecule has 1 aliphatic heterocycles. The van der Waals surface area contributed by atoms with Crippen LogP contribution in [0.5, 0.6) is 11.5 Å². The van der Waals surface area contributed by atoms with Crippen LogP contribution in [0.15, 0.2) is 40.0 Å². The van der Waals surface area contributed by atoms with Gasteiger partial charge in [0.25, 0.3) is 5.22 Å². The lowest BCUT2D eigenvalue weighted by molar-refractivity contribution is -0.129. The Hall–Kier alpha value is -2.38. The lowest BCUT2D eigenvalue weighted by Gasteiger charge is -2.29. The molecular formula is C20H19ClN2O4S. The first kappa shape index (κ1) is 19.0. The van der Waals surface area contributed by atoms with Gasteiger partial charge in [-0.25, -0.2) is 4.98 Å². The zero-order chi connectivity index (χ0) is 19.7. The molecule has 146 valence electrons. The van der Waals surface area contributed by atoms with Crippen molar-refractivity contribution >= 4 is 40.4 Å². The maximum Gasteiger partial charge on any atom is 0.257 e. The van der Waals surface area contributed by atoms with E-state index in [9.17, 15) is 4.79 Å². The van der Waals surface area contributed by atoms with Crippen molar-refractivity contribution in [2.24, 2.45) is 0 Å². The summed E-state index contributed by atoms with van der Waals surface area (Å²) >= 11 is 7.26. The van der Waals surface area contributed by atoms with E-state index in [1.807, 2.05) is 17.0 Å². The summed E-state index contributed by atoms with van der Waals surface area (Å²) in [6.07, 6.45) is 0.785. The number of oxazole rings is 1. The minimum atomic E-state index is 0.0470. The molecule has 8 heteroatoms. The fraction of sp³-hybridized carbons (Fsp3) is 0.300. The molecule has 1 amide bonds. The van der Waals surface area contributed by atoms with Crippen LogP contribution < -0.4 is 9.47 Å². The molecule has 1 aromatic heterocycles. The van der Waals surface area contributed by atoms with E-state index < -0.39 is 0 Å². The number of thioether (sulfide) groups is 1. The maximum atomic E-state index is 12.7. The molecule has 0 saturated carbocycles. The van der Waals surface area contributed by atoms with Crippen molar-refractivity contribution in [3.8, 4) is 11.5 Å². The number of nitrogens with zero attached hydrogens (tertiary/aromatic N) is 2. The molecule has 2 heterocycles. The standard InChI is InChI=1S/C20H19ClN2O4S/c1-25-17-7-12-5-6-23(10-13(12)8-18(17)26-2)19(24)11-28-20-22-15-4-3-14(21)9-16(15)27-20/h3-4,7-9H,5-6,10-11H2,1-2H3. The van der Waals surface area contributed by atoms with Crippen molar-refractivity contribution in [2.45, 2.75) is 18.2 Å². The zero-order valence-electron chi connectivity index (χ0n) is 15.5. The minimum Gasteiger partial charge on any atom is -0.493 e. The Morgan fingerprint density at radius 2 is 1.96 bits per heavy atom. The van der Waals surface area contributed by atoms with Crippen molar-refractivity contribution in [3.05, 3.63) is 46.5 Å². The molecule has 0 atom stereocenters. The van der Waals surface area contributed by atoms with Gasteiger partial charge in [0.05, 0.1) is 20.0 Å². The van der Waals surface area contributed by atoms with Crippen LogP contribution in [0.4, 0.5) is 0 Å². The number of ether oxygens (including phenoxy) is 2. The van der Waals surface area contributed by atoms with E-state index in [0.29, 0.717) is 40.4 Å². The summed E-state index contributed by atoms with van der Waals surface area (Å²) in [5.74, 6) is 1.71. The summed E-state index contributed by atoms with van der Waals surface area (Å²) in [6, 6.07) is 9.23. The number of carbonyl (C=O) groups is 1. The monoisotopic (exact) mass is 418 g/mol. The van der Waals surface area contributed by atoms with Crippen LogP contribution in [-0.2, 0) is 17.8 Å². The highest BCUT2D eigenvalue weighted by Gasteiger charge is 2.23. The van der Waals surface area contributed by atoms with Crippen molar-refractivity contribution < 1.29 is 18.7 Å². The van der Waals surface area contributed by atoms with Crippen molar-refractivity contribution in [2.75, 3.05) is 26.5 Å². The van der Waals surface area contributed by atoms with Gasteiger partial charge < -0.3 is 18.8 Å². The van der Waals surface area contributed by atoms with E-state index in [1.165, 1.54) is 17.3 Å². The summed E-state index contributed by atoms with van der Waals surface area (Å²) in [5, 5.41) is 1.06. The highest BCUT2D eigenvalue weighted by Crippen LogP contribution is 2.33. The average molecular weight is 419 g/mol. The van der Waals surface area contributed by atoms with Crippen LogP contribution in [0, 0.1) is 0 Å². The lowest BCUT2D eigenvalue weighted by atomic mass is 9.99. The van der Waals surface area contributed by atoms with E-state index in [0.717, 1.165) is 17.5 Å². The molecule has 2 aromatic carbocycles. The van der Waals surface area contributed by atoms with Gasteiger partial charge in [-0.15, -0.1) is 0 Å². The van der Waals surface area contributed by atoms with Gasteiger partial charge in [-0.05, 0) is 41.8 Å². The number of hydrogen-bond acceptors (Lipinski definition) is 6. The van der Waals surface area contributed by atoms with Crippen molar-refractivity contribution in [3.63, 3.8) is 0 Å². The predicted octanol–water partition coefficient (Wildman–Crippen LogP) is 4.18. The van der Waals surface area contributed by atoms with Crippen LogP contribution in [-0.4, -0.2) is 42.3 Å². The smallest absolute Gasteiger partial charge is 0.257 e. The van der Waals surface area contributed by atoms with Gasteiger partial charge in [0.2, 0.25) is 5.91 Å². The topological polar surface area (TPSA) is 64.8 Å². The largest absolute Gasteiger partial charge is 0.493 e. The Kier molecular flexibility index (Phi) is 5.37. The molecule has 4 rings (SSSR count). The number of methoxy groups -OCH3 is 2. The highest BCUT2D eigenvalue weighted by atomic mass is 35.5. The number of fused-ring (bicyclic) bond motifs is 2. The average Bonchev–Trinajstić information content (AvgIpc) is 3.12. The molecule has 0 aliphatic carbocycles. The summed E-state index contributed by atoms with van der Waals surface area (Å²) in [7, 11) is 3.24. The van der Waals surface area contributed by atoms with Crippen LogP contribution in [0.1, 0.15) is 11.1 Å². The normalized spacial score (nSPS) is 13.5. The third kappa shape index (κ3) is 3.77. The van der Waals surface area contributed by atoms with E-state index >= 15 is 0 Å². The summed E-state index contributed by atoms with van der Waals surface area (Å²) < 4.78 is 16.4. The molecule has 3 aromatic rings. The van der Waals surface area contributed by atoms with Crippen molar-refractivity contribution in [1.82, 2.24) is 9.88 Å². The second-order valence-corrected chi connectivity index (χ2v) is 7.78. The van der Waals surface area contributed by atoms with Crippen LogP contribution in [0.2, 0.25) is 5.02 Å². The predicted molar refractivity (Wildman–Crippen MR) is 108 cm³/mol. The number of rotatable bonds is 5. The number of benzene rings is 2. The van der Waals surface area contributed by atoms with E-state index in [2.05, 4.69) is 4.98 Å². The summed E-state index contributed by atoms with van der Waals surface area (Å²) in [5.41, 5.74) is 3.62. The number of amides is 1. The Bertz CT molecular complexity index is 1040. The van der Waals surface area contributed by atoms with Gasteiger partial charge in [0.15, 0.2) is 17.1 Å². The van der Waals surface area contributed by atoms with Gasteiger partial charge in [0.1, 0.15) is 5.52 Å². The Balaban J connectivity index is 1.43. The first-order chi connectivity index (χ1) is 13.6. The van der Waals surface area contributed by atoms with Crippen LogP contribution in [0.25, 0.3) is 11.1 Å². The first-order valence-electron chi connectivity index (χ1n) is 8.78. The second kappa shape index (κ2) is 7.93. The second-order valence-electron chi connectivity index (χ2n) is 6.42. The van der Waals surface area contributed by atoms with Crippen molar-refractivity contribution in [1.29, 1.82) is 0 Å². The van der Waals surface area contributed by atoms with Gasteiger partial charge in [-0.3, -0.25) is 4.79 Å². The first-order valence-corrected chi connectivity index (χ1v) is 10.1. The zero-order valence-corrected chi connectivity index (χ0v) is 17.1. The van der Waals surface area contributed by atoms with Gasteiger partial charge in [-0.1, -0.05) is 23.4 Å². The quantitative estimate of drug-likeness (QED) is 0.579. The number of halogens is 1. The van der Waals surface area contributed by atoms with Gasteiger partial charge in [0, 0.05) is 24.2 Å². The molecule has 0 N–H and O–H groups in total. The molecular weight excluding hydrogens is 400 g/mol. The molecule has 0 fully saturated rings. The number of aromatic nitrogens is 1. The summed E-state index contributed by atoms with van der Waals surface area (Å²) in [6.45, 7) is 1.23. The molecule has 0 bridgehead atoms. The van der Waals surface area contributed by atoms with E-state index in [-0.39, 0.29) is 11.7 Å². The fourth-order valence-corrected chi connectivity index (χ4v) is 4.15. The molecule has 0 spiro atoms. The maximum absolute atomic E-state index is 12.7. The Labute approximate surface area is 171 Å². The highest BCUT2D eigenvalue weighted by molar-refractivity contribution is 7.99. The molecule has 0 unspecified atom stereocenters. The fourth-order valence-electron chi connectivity index (χ4n) is 3.25. The third-order valence-corrected chi connectivity index (χ3v) is 5.77. The van der Waals surface area contributed by atoms with Crippen LogP contribution in [0.3, 0.4) is 0 Å². The molecule has 28 heavy (non-hydrogen) atoms. The Morgan fingerprint density at radius 1 is 1.21 bits per heavy atom. The molecule has 0 radical (unpaired) electrons. The van der Waals surface area contributed by atoms with E-state index in [1.54, 1.807) is 32.4 Å².